The Balaban J connectivity index is 1.64. The summed E-state index contributed by atoms with van der Waals surface area (Å²) in [6.07, 6.45) is 2.35. The van der Waals surface area contributed by atoms with Crippen molar-refractivity contribution >= 4 is 38.3 Å². The first-order valence-corrected chi connectivity index (χ1v) is 13.3. The van der Waals surface area contributed by atoms with Gasteiger partial charge in [-0.05, 0) is 60.9 Å². The van der Waals surface area contributed by atoms with Crippen molar-refractivity contribution in [2.45, 2.75) is 18.2 Å². The molecule has 36 heavy (non-hydrogen) atoms. The number of nitrogens with zero attached hydrogens (tertiary/aromatic N) is 3. The molecule has 0 bridgehead atoms. The van der Waals surface area contributed by atoms with Crippen molar-refractivity contribution in [3.63, 3.8) is 0 Å². The van der Waals surface area contributed by atoms with Crippen molar-refractivity contribution in [3.8, 4) is 23.3 Å². The van der Waals surface area contributed by atoms with E-state index in [1.165, 1.54) is 13.2 Å². The molecule has 0 radical (unpaired) electrons. The number of carbonyl (C=O) groups is 1. The van der Waals surface area contributed by atoms with Gasteiger partial charge in [-0.15, -0.1) is 10.2 Å². The number of anilines is 1. The van der Waals surface area contributed by atoms with E-state index in [-0.39, 0.29) is 21.7 Å². The second-order valence-electron chi connectivity index (χ2n) is 7.70. The Kier molecular flexibility index (Phi) is 8.63. The number of hydrogen-bond donors (Lipinski definition) is 1. The van der Waals surface area contributed by atoms with Crippen LogP contribution in [0.5, 0.6) is 17.2 Å². The van der Waals surface area contributed by atoms with Gasteiger partial charge in [-0.2, -0.15) is 5.26 Å². The van der Waals surface area contributed by atoms with Crippen LogP contribution in [0.15, 0.2) is 46.3 Å². The number of sulfone groups is 1. The normalized spacial score (nSPS) is 11.5. The maximum atomic E-state index is 12.5. The largest absolute Gasteiger partial charge is 0.493 e. The van der Waals surface area contributed by atoms with E-state index in [0.717, 1.165) is 23.1 Å². The molecule has 0 unspecified atom stereocenters. The van der Waals surface area contributed by atoms with Crippen LogP contribution in [0, 0.1) is 25.2 Å². The molecular weight excluding hydrogens is 504 g/mol. The second kappa shape index (κ2) is 11.7. The SMILES string of the molecule is COc1cc(C=C(C#N)C(=O)Nc2nnc(S(C)(=O)=O)s2)ccc1OCCOc1cc(C)cc(C)c1. The first kappa shape index (κ1) is 26.7. The average molecular weight is 529 g/mol. The van der Waals surface area contributed by atoms with Crippen LogP contribution < -0.4 is 19.5 Å². The molecule has 0 saturated heterocycles. The maximum absolute atomic E-state index is 12.5. The number of benzene rings is 2. The van der Waals surface area contributed by atoms with Crippen LogP contribution in [0.25, 0.3) is 6.08 Å². The predicted molar refractivity (Wildman–Crippen MR) is 135 cm³/mol. The van der Waals surface area contributed by atoms with Crippen LogP contribution in [0.4, 0.5) is 5.13 Å². The Hall–Kier alpha value is -3.95. The van der Waals surface area contributed by atoms with Gasteiger partial charge in [0.15, 0.2) is 11.5 Å². The number of hydrogen-bond acceptors (Lipinski definition) is 10. The second-order valence-corrected chi connectivity index (χ2v) is 10.9. The van der Waals surface area contributed by atoms with E-state index in [2.05, 4.69) is 21.6 Å². The van der Waals surface area contributed by atoms with E-state index in [0.29, 0.717) is 35.0 Å². The molecule has 1 heterocycles. The molecule has 0 fully saturated rings. The highest BCUT2D eigenvalue weighted by molar-refractivity contribution is 7.92. The lowest BCUT2D eigenvalue weighted by Crippen LogP contribution is -2.13. The summed E-state index contributed by atoms with van der Waals surface area (Å²) in [5, 5.41) is 18.9. The molecule has 1 amide bonds. The minimum absolute atomic E-state index is 0.0362. The molecule has 0 saturated carbocycles. The van der Waals surface area contributed by atoms with Gasteiger partial charge in [-0.1, -0.05) is 23.5 Å². The van der Waals surface area contributed by atoms with E-state index < -0.39 is 15.7 Å². The number of carbonyl (C=O) groups excluding carboxylic acids is 1. The van der Waals surface area contributed by atoms with Crippen molar-refractivity contribution < 1.29 is 27.4 Å². The first-order valence-electron chi connectivity index (χ1n) is 10.6. The summed E-state index contributed by atoms with van der Waals surface area (Å²) in [6.45, 7) is 4.62. The number of aromatic nitrogens is 2. The van der Waals surface area contributed by atoms with Gasteiger partial charge in [0.05, 0.1) is 7.11 Å². The monoisotopic (exact) mass is 528 g/mol. The third kappa shape index (κ3) is 7.27. The Bertz CT molecular complexity index is 1420. The van der Waals surface area contributed by atoms with E-state index in [1.807, 2.05) is 32.0 Å². The van der Waals surface area contributed by atoms with Gasteiger partial charge in [-0.25, -0.2) is 8.42 Å². The van der Waals surface area contributed by atoms with Gasteiger partial charge < -0.3 is 14.2 Å². The summed E-state index contributed by atoms with van der Waals surface area (Å²) in [5.74, 6) is 0.905. The Morgan fingerprint density at radius 3 is 2.39 bits per heavy atom. The van der Waals surface area contributed by atoms with Crippen LogP contribution >= 0.6 is 11.3 Å². The molecule has 3 rings (SSSR count). The fourth-order valence-corrected chi connectivity index (χ4v) is 4.61. The zero-order chi connectivity index (χ0) is 26.3. The van der Waals surface area contributed by atoms with E-state index >= 15 is 0 Å². The highest BCUT2D eigenvalue weighted by atomic mass is 32.2. The number of amides is 1. The summed E-state index contributed by atoms with van der Waals surface area (Å²) in [6, 6.07) is 12.7. The topological polar surface area (TPSA) is 140 Å². The molecule has 10 nitrogen and oxygen atoms in total. The predicted octanol–water partition coefficient (Wildman–Crippen LogP) is 3.57. The number of nitriles is 1. The van der Waals surface area contributed by atoms with Gasteiger partial charge in [0.2, 0.25) is 19.3 Å². The van der Waals surface area contributed by atoms with E-state index in [1.54, 1.807) is 18.2 Å². The number of methoxy groups -OCH3 is 1. The molecule has 1 N–H and O–H groups in total. The number of aryl methyl sites for hydroxylation is 2. The summed E-state index contributed by atoms with van der Waals surface area (Å²) in [5.41, 5.74) is 2.53. The maximum Gasteiger partial charge on any atom is 0.268 e. The molecule has 12 heteroatoms. The van der Waals surface area contributed by atoms with Crippen LogP contribution in [0.3, 0.4) is 0 Å². The minimum atomic E-state index is -3.55. The zero-order valence-corrected chi connectivity index (χ0v) is 21.7. The molecule has 0 spiro atoms. The smallest absolute Gasteiger partial charge is 0.268 e. The minimum Gasteiger partial charge on any atom is -0.493 e. The Morgan fingerprint density at radius 2 is 1.78 bits per heavy atom. The number of rotatable bonds is 10. The molecule has 0 aliphatic rings. The highest BCUT2D eigenvalue weighted by Gasteiger charge is 2.17. The van der Waals surface area contributed by atoms with Crippen LogP contribution in [0.1, 0.15) is 16.7 Å². The zero-order valence-electron chi connectivity index (χ0n) is 20.1. The van der Waals surface area contributed by atoms with E-state index in [4.69, 9.17) is 14.2 Å². The molecular formula is C24H24N4O6S2. The van der Waals surface area contributed by atoms with E-state index in [9.17, 15) is 18.5 Å². The van der Waals surface area contributed by atoms with Crippen molar-refractivity contribution in [3.05, 3.63) is 58.7 Å². The molecule has 1 aromatic heterocycles. The van der Waals surface area contributed by atoms with Crippen molar-refractivity contribution in [2.24, 2.45) is 0 Å². The lowest BCUT2D eigenvalue weighted by atomic mass is 10.1. The standard InChI is InChI=1S/C24H24N4O6S2/c1-15-9-16(2)11-19(10-15)33-7-8-34-20-6-5-17(13-21(20)32-3)12-18(14-25)22(29)26-23-27-28-24(35-23)36(4,30)31/h5-6,9-13H,7-8H2,1-4H3,(H,26,27,29). The summed E-state index contributed by atoms with van der Waals surface area (Å²) in [7, 11) is -2.07. The van der Waals surface area contributed by atoms with Gasteiger partial charge >= 0.3 is 0 Å². The molecule has 0 aliphatic carbocycles. The Morgan fingerprint density at radius 1 is 1.08 bits per heavy atom. The molecule has 2 aromatic carbocycles. The molecule has 3 aromatic rings. The van der Waals surface area contributed by atoms with Crippen LogP contribution in [0.2, 0.25) is 0 Å². The lowest BCUT2D eigenvalue weighted by Gasteiger charge is -2.13. The van der Waals surface area contributed by atoms with Crippen LogP contribution in [-0.2, 0) is 14.6 Å². The average Bonchev–Trinajstić information content (AvgIpc) is 3.29. The summed E-state index contributed by atoms with van der Waals surface area (Å²) < 4.78 is 39.7. The van der Waals surface area contributed by atoms with Crippen LogP contribution in [-0.4, -0.2) is 51.1 Å². The summed E-state index contributed by atoms with van der Waals surface area (Å²) in [4.78, 5) is 12.5. The summed E-state index contributed by atoms with van der Waals surface area (Å²) >= 11 is 0.694. The van der Waals surface area contributed by atoms with Crippen molar-refractivity contribution in [1.29, 1.82) is 5.26 Å². The first-order chi connectivity index (χ1) is 17.1. The quantitative estimate of drug-likeness (QED) is 0.181. The number of ether oxygens (including phenoxy) is 3. The molecule has 188 valence electrons. The lowest BCUT2D eigenvalue weighted by molar-refractivity contribution is -0.112. The molecule has 0 aliphatic heterocycles. The van der Waals surface area contributed by atoms with Crippen molar-refractivity contribution in [1.82, 2.24) is 10.2 Å². The fourth-order valence-electron chi connectivity index (χ4n) is 3.11. The number of nitrogens with one attached hydrogen (secondary N) is 1. The third-order valence-electron chi connectivity index (χ3n) is 4.61. The molecule has 0 atom stereocenters. The Labute approximate surface area is 213 Å². The fraction of sp³-hybridized carbons (Fsp3) is 0.250. The van der Waals surface area contributed by atoms with Gasteiger partial charge in [-0.3, -0.25) is 10.1 Å². The van der Waals surface area contributed by atoms with Crippen molar-refractivity contribution in [2.75, 3.05) is 31.9 Å². The van der Waals surface area contributed by atoms with Gasteiger partial charge in [0, 0.05) is 6.26 Å². The van der Waals surface area contributed by atoms with Gasteiger partial charge in [0.1, 0.15) is 30.6 Å². The highest BCUT2D eigenvalue weighted by Crippen LogP contribution is 2.29. The third-order valence-corrected chi connectivity index (χ3v) is 7.12. The van der Waals surface area contributed by atoms with Gasteiger partial charge in [0.25, 0.3) is 5.91 Å².